The summed E-state index contributed by atoms with van der Waals surface area (Å²) in [5.41, 5.74) is 2.10. The first-order valence-corrected chi connectivity index (χ1v) is 6.55. The predicted molar refractivity (Wildman–Crippen MR) is 74.4 cm³/mol. The molecule has 2 aromatic carbocycles. The highest BCUT2D eigenvalue weighted by Gasteiger charge is 2.16. The molecule has 0 aliphatic carbocycles. The lowest BCUT2D eigenvalue weighted by molar-refractivity contribution is 0.218. The third kappa shape index (κ3) is 2.74. The minimum atomic E-state index is -0.808. The van der Waals surface area contributed by atoms with Gasteiger partial charge in [0.25, 0.3) is 0 Å². The zero-order valence-corrected chi connectivity index (χ0v) is 12.0. The Morgan fingerprint density at radius 2 is 1.83 bits per heavy atom. The minimum Gasteiger partial charge on any atom is -0.384 e. The number of hydrogen-bond donors (Lipinski definition) is 1. The van der Waals surface area contributed by atoms with Crippen molar-refractivity contribution in [2.45, 2.75) is 13.0 Å². The van der Waals surface area contributed by atoms with Crippen LogP contribution >= 0.6 is 27.5 Å². The van der Waals surface area contributed by atoms with Gasteiger partial charge in [0, 0.05) is 9.50 Å². The van der Waals surface area contributed by atoms with Crippen LogP contribution in [0.3, 0.4) is 0 Å². The molecule has 0 heterocycles. The van der Waals surface area contributed by atoms with Gasteiger partial charge in [0.05, 0.1) is 0 Å². The lowest BCUT2D eigenvalue weighted by Crippen LogP contribution is -2.03. The van der Waals surface area contributed by atoms with E-state index in [0.29, 0.717) is 21.7 Å². The molecule has 94 valence electrons. The highest BCUT2D eigenvalue weighted by molar-refractivity contribution is 9.10. The molecule has 1 unspecified atom stereocenters. The molecule has 4 heteroatoms. The molecule has 1 atom stereocenters. The third-order valence-corrected chi connectivity index (χ3v) is 3.71. The van der Waals surface area contributed by atoms with Gasteiger partial charge in [-0.25, -0.2) is 4.39 Å². The first-order chi connectivity index (χ1) is 8.49. The molecule has 0 saturated heterocycles. The fraction of sp³-hybridized carbons (Fsp3) is 0.143. The van der Waals surface area contributed by atoms with Gasteiger partial charge in [-0.15, -0.1) is 0 Å². The van der Waals surface area contributed by atoms with Gasteiger partial charge in [-0.3, -0.25) is 0 Å². The number of hydrogen-bond acceptors (Lipinski definition) is 1. The van der Waals surface area contributed by atoms with Crippen molar-refractivity contribution in [1.82, 2.24) is 0 Å². The van der Waals surface area contributed by atoms with Crippen LogP contribution in [0.2, 0.25) is 5.02 Å². The smallest absolute Gasteiger partial charge is 0.123 e. The molecule has 0 aromatic heterocycles. The molecule has 0 aliphatic rings. The number of rotatable bonds is 2. The maximum Gasteiger partial charge on any atom is 0.123 e. The van der Waals surface area contributed by atoms with Crippen molar-refractivity contribution in [1.29, 1.82) is 0 Å². The SMILES string of the molecule is Cc1cc(F)ccc1C(O)c1ccc(Cl)cc1Br. The molecule has 1 N–H and O–H groups in total. The first-order valence-electron chi connectivity index (χ1n) is 5.38. The average molecular weight is 330 g/mol. The zero-order valence-electron chi connectivity index (χ0n) is 9.62. The lowest BCUT2D eigenvalue weighted by atomic mass is 9.97. The van der Waals surface area contributed by atoms with E-state index in [0.717, 1.165) is 4.47 Å². The van der Waals surface area contributed by atoms with E-state index in [9.17, 15) is 9.50 Å². The van der Waals surface area contributed by atoms with Gasteiger partial charge >= 0.3 is 0 Å². The molecule has 0 saturated carbocycles. The molecule has 2 aromatic rings. The molecule has 18 heavy (non-hydrogen) atoms. The molecule has 0 fully saturated rings. The van der Waals surface area contributed by atoms with Gasteiger partial charge in [-0.05, 0) is 47.9 Å². The van der Waals surface area contributed by atoms with Crippen molar-refractivity contribution >= 4 is 27.5 Å². The summed E-state index contributed by atoms with van der Waals surface area (Å²) < 4.78 is 13.8. The molecule has 0 radical (unpaired) electrons. The Labute approximate surface area is 118 Å². The van der Waals surface area contributed by atoms with Crippen LogP contribution in [0.4, 0.5) is 4.39 Å². The Hall–Kier alpha value is -0.900. The lowest BCUT2D eigenvalue weighted by Gasteiger charge is -2.16. The minimum absolute atomic E-state index is 0.307. The highest BCUT2D eigenvalue weighted by atomic mass is 79.9. The van der Waals surface area contributed by atoms with Crippen LogP contribution in [0.15, 0.2) is 40.9 Å². The summed E-state index contributed by atoms with van der Waals surface area (Å²) in [6.07, 6.45) is -0.808. The number of aryl methyl sites for hydroxylation is 1. The van der Waals surface area contributed by atoms with Crippen LogP contribution < -0.4 is 0 Å². The van der Waals surface area contributed by atoms with Crippen molar-refractivity contribution in [2.24, 2.45) is 0 Å². The van der Waals surface area contributed by atoms with Crippen molar-refractivity contribution in [3.8, 4) is 0 Å². The van der Waals surface area contributed by atoms with E-state index in [2.05, 4.69) is 15.9 Å². The van der Waals surface area contributed by atoms with Gasteiger partial charge in [0.15, 0.2) is 0 Å². The second-order valence-corrected chi connectivity index (χ2v) is 5.36. The van der Waals surface area contributed by atoms with E-state index >= 15 is 0 Å². The molecule has 0 spiro atoms. The summed E-state index contributed by atoms with van der Waals surface area (Å²) in [7, 11) is 0. The summed E-state index contributed by atoms with van der Waals surface area (Å²) in [6.45, 7) is 1.77. The average Bonchev–Trinajstić information content (AvgIpc) is 2.28. The molecule has 0 bridgehead atoms. The third-order valence-electron chi connectivity index (χ3n) is 2.78. The highest BCUT2D eigenvalue weighted by Crippen LogP contribution is 2.32. The van der Waals surface area contributed by atoms with Crippen LogP contribution in [0, 0.1) is 12.7 Å². The largest absolute Gasteiger partial charge is 0.384 e. The number of aliphatic hydroxyl groups excluding tert-OH is 1. The zero-order chi connectivity index (χ0) is 13.3. The second-order valence-electron chi connectivity index (χ2n) is 4.07. The molecule has 2 rings (SSSR count). The number of aliphatic hydroxyl groups is 1. The van der Waals surface area contributed by atoms with Gasteiger partial charge < -0.3 is 5.11 Å². The summed E-state index contributed by atoms with van der Waals surface area (Å²) in [5.74, 6) is -0.307. The molecule has 0 aliphatic heterocycles. The Morgan fingerprint density at radius 3 is 2.44 bits per heavy atom. The van der Waals surface area contributed by atoms with Crippen LogP contribution in [-0.4, -0.2) is 5.11 Å². The van der Waals surface area contributed by atoms with Crippen LogP contribution in [-0.2, 0) is 0 Å². The normalized spacial score (nSPS) is 12.5. The monoisotopic (exact) mass is 328 g/mol. The maximum atomic E-state index is 13.0. The van der Waals surface area contributed by atoms with Gasteiger partial charge in [-0.1, -0.05) is 39.7 Å². The summed E-state index contributed by atoms with van der Waals surface area (Å²) in [6, 6.07) is 9.52. The first kappa shape index (κ1) is 13.5. The maximum absolute atomic E-state index is 13.0. The fourth-order valence-electron chi connectivity index (χ4n) is 1.84. The van der Waals surface area contributed by atoms with Crippen LogP contribution in [0.1, 0.15) is 22.8 Å². The molecule has 0 amide bonds. The van der Waals surface area contributed by atoms with Gasteiger partial charge in [-0.2, -0.15) is 0 Å². The van der Waals surface area contributed by atoms with E-state index in [1.165, 1.54) is 12.1 Å². The fourth-order valence-corrected chi connectivity index (χ4v) is 2.74. The number of halogens is 3. The van der Waals surface area contributed by atoms with Gasteiger partial charge in [0.2, 0.25) is 0 Å². The van der Waals surface area contributed by atoms with Crippen LogP contribution in [0.5, 0.6) is 0 Å². The molecular formula is C14H11BrClFO. The molecular weight excluding hydrogens is 319 g/mol. The van der Waals surface area contributed by atoms with Crippen molar-refractivity contribution in [3.05, 3.63) is 68.4 Å². The van der Waals surface area contributed by atoms with Crippen molar-refractivity contribution in [3.63, 3.8) is 0 Å². The van der Waals surface area contributed by atoms with E-state index < -0.39 is 6.10 Å². The van der Waals surface area contributed by atoms with Gasteiger partial charge in [0.1, 0.15) is 11.9 Å². The summed E-state index contributed by atoms with van der Waals surface area (Å²) in [5, 5.41) is 10.9. The van der Waals surface area contributed by atoms with E-state index in [1.807, 2.05) is 0 Å². The Balaban J connectivity index is 2.44. The predicted octanol–water partition coefficient (Wildman–Crippen LogP) is 4.63. The Bertz CT molecular complexity index is 535. The Morgan fingerprint density at radius 1 is 1.17 bits per heavy atom. The summed E-state index contributed by atoms with van der Waals surface area (Å²) in [4.78, 5) is 0. The quantitative estimate of drug-likeness (QED) is 0.851. The number of benzene rings is 2. The summed E-state index contributed by atoms with van der Waals surface area (Å²) >= 11 is 9.22. The Kier molecular flexibility index (Phi) is 4.05. The van der Waals surface area contributed by atoms with Crippen molar-refractivity contribution in [2.75, 3.05) is 0 Å². The van der Waals surface area contributed by atoms with E-state index in [-0.39, 0.29) is 5.82 Å². The van der Waals surface area contributed by atoms with Crippen LogP contribution in [0.25, 0.3) is 0 Å². The van der Waals surface area contributed by atoms with E-state index in [4.69, 9.17) is 11.6 Å². The van der Waals surface area contributed by atoms with E-state index in [1.54, 1.807) is 31.2 Å². The second kappa shape index (κ2) is 5.39. The molecule has 1 nitrogen and oxygen atoms in total. The standard InChI is InChI=1S/C14H11BrClFO/c1-8-6-10(17)3-5-11(8)14(18)12-4-2-9(16)7-13(12)15/h2-7,14,18H,1H3. The topological polar surface area (TPSA) is 20.2 Å². The van der Waals surface area contributed by atoms with Crippen molar-refractivity contribution < 1.29 is 9.50 Å².